The highest BCUT2D eigenvalue weighted by molar-refractivity contribution is 5.78. The van der Waals surface area contributed by atoms with Crippen molar-refractivity contribution in [1.82, 2.24) is 20.3 Å². The van der Waals surface area contributed by atoms with E-state index in [-0.39, 0.29) is 17.9 Å². The molecule has 0 bridgehead atoms. The summed E-state index contributed by atoms with van der Waals surface area (Å²) in [5, 5.41) is 13.7. The molecule has 0 spiro atoms. The second-order valence-electron chi connectivity index (χ2n) is 6.77. The number of pyridine rings is 3. The number of carbonyl (C=O) groups is 1. The summed E-state index contributed by atoms with van der Waals surface area (Å²) in [5.41, 5.74) is -2.97. The third-order valence-corrected chi connectivity index (χ3v) is 4.49. The molecule has 8 nitrogen and oxygen atoms in total. The van der Waals surface area contributed by atoms with Crippen LogP contribution < -0.4 is 16.1 Å². The molecule has 3 rings (SSSR count). The molecule has 170 valence electrons. The van der Waals surface area contributed by atoms with Crippen LogP contribution in [0.15, 0.2) is 47.5 Å². The number of nitriles is 1. The Kier molecular flexibility index (Phi) is 7.02. The Balaban J connectivity index is 1.78. The predicted octanol–water partition coefficient (Wildman–Crippen LogP) is 2.38. The number of nitrogens with one attached hydrogen (secondary N) is 3. The summed E-state index contributed by atoms with van der Waals surface area (Å²) < 4.78 is 56.7. The fraction of sp³-hybridized carbons (Fsp3) is 0.190. The van der Waals surface area contributed by atoms with Crippen LogP contribution in [-0.4, -0.2) is 27.4 Å². The zero-order valence-corrected chi connectivity index (χ0v) is 16.8. The van der Waals surface area contributed by atoms with Gasteiger partial charge in [0.15, 0.2) is 0 Å². The number of amides is 1. The molecule has 33 heavy (non-hydrogen) atoms. The molecular weight excluding hydrogens is 444 g/mol. The molecular formula is C21H16F4N6O2. The van der Waals surface area contributed by atoms with Crippen molar-refractivity contribution in [3.63, 3.8) is 0 Å². The first-order chi connectivity index (χ1) is 15.7. The molecule has 0 saturated heterocycles. The van der Waals surface area contributed by atoms with Gasteiger partial charge in [0.05, 0.1) is 25.2 Å². The monoisotopic (exact) mass is 460 g/mol. The van der Waals surface area contributed by atoms with Gasteiger partial charge in [-0.1, -0.05) is 6.07 Å². The van der Waals surface area contributed by atoms with Crippen LogP contribution in [0.5, 0.6) is 0 Å². The highest BCUT2D eigenvalue weighted by Crippen LogP contribution is 2.26. The number of hydrogen-bond donors (Lipinski definition) is 3. The van der Waals surface area contributed by atoms with Crippen molar-refractivity contribution in [2.45, 2.75) is 18.9 Å². The number of aromatic nitrogens is 3. The molecule has 12 heteroatoms. The lowest BCUT2D eigenvalue weighted by Crippen LogP contribution is -2.30. The first-order valence-corrected chi connectivity index (χ1v) is 9.47. The Morgan fingerprint density at radius 3 is 2.58 bits per heavy atom. The van der Waals surface area contributed by atoms with E-state index in [2.05, 4.69) is 25.6 Å². The molecule has 0 aliphatic heterocycles. The first-order valence-electron chi connectivity index (χ1n) is 9.47. The Morgan fingerprint density at radius 2 is 1.91 bits per heavy atom. The maximum Gasteiger partial charge on any atom is 0.306 e. The van der Waals surface area contributed by atoms with Gasteiger partial charge in [-0.2, -0.15) is 18.4 Å². The smallest absolute Gasteiger partial charge is 0.306 e. The van der Waals surface area contributed by atoms with E-state index in [9.17, 15) is 32.4 Å². The average Bonchev–Trinajstić information content (AvgIpc) is 2.81. The van der Waals surface area contributed by atoms with E-state index >= 15 is 0 Å². The molecule has 0 saturated carbocycles. The van der Waals surface area contributed by atoms with E-state index in [1.165, 1.54) is 36.7 Å². The third-order valence-electron chi connectivity index (χ3n) is 4.49. The maximum atomic E-state index is 14.4. The molecule has 0 aromatic carbocycles. The molecule has 0 aliphatic carbocycles. The van der Waals surface area contributed by atoms with E-state index in [1.807, 2.05) is 0 Å². The van der Waals surface area contributed by atoms with Crippen LogP contribution >= 0.6 is 0 Å². The molecule has 1 amide bonds. The molecule has 3 aromatic rings. The van der Waals surface area contributed by atoms with Crippen molar-refractivity contribution < 1.29 is 22.4 Å². The van der Waals surface area contributed by atoms with E-state index in [0.29, 0.717) is 0 Å². The van der Waals surface area contributed by atoms with Gasteiger partial charge >= 0.3 is 5.92 Å². The lowest BCUT2D eigenvalue weighted by Gasteiger charge is -2.18. The van der Waals surface area contributed by atoms with Crippen molar-refractivity contribution in [1.29, 1.82) is 5.26 Å². The van der Waals surface area contributed by atoms with Gasteiger partial charge in [0.25, 0.3) is 0 Å². The van der Waals surface area contributed by atoms with Crippen LogP contribution in [0.4, 0.5) is 23.4 Å². The molecule has 0 fully saturated rings. The number of alkyl halides is 2. The summed E-state index contributed by atoms with van der Waals surface area (Å²) >= 11 is 0. The van der Waals surface area contributed by atoms with Crippen molar-refractivity contribution in [2.24, 2.45) is 0 Å². The van der Waals surface area contributed by atoms with Gasteiger partial charge in [-0.15, -0.1) is 0 Å². The zero-order chi connectivity index (χ0) is 24.0. The molecule has 0 atom stereocenters. The molecule has 0 aliphatic rings. The van der Waals surface area contributed by atoms with E-state index in [0.717, 1.165) is 12.1 Å². The second kappa shape index (κ2) is 9.90. The molecule has 3 N–H and O–H groups in total. The largest absolute Gasteiger partial charge is 0.363 e. The Bertz CT molecular complexity index is 1260. The molecule has 3 heterocycles. The maximum absolute atomic E-state index is 14.4. The summed E-state index contributed by atoms with van der Waals surface area (Å²) in [5.74, 6) is -7.10. The Morgan fingerprint density at radius 1 is 1.15 bits per heavy atom. The molecule has 0 radical (unpaired) electrons. The normalized spacial score (nSPS) is 11.0. The summed E-state index contributed by atoms with van der Waals surface area (Å²) in [6.07, 6.45) is 1.90. The average molecular weight is 460 g/mol. The van der Waals surface area contributed by atoms with Gasteiger partial charge in [-0.25, -0.2) is 4.39 Å². The summed E-state index contributed by atoms with van der Waals surface area (Å²) in [6, 6.07) is 7.90. The lowest BCUT2D eigenvalue weighted by atomic mass is 10.1. The number of rotatable bonds is 8. The van der Waals surface area contributed by atoms with Crippen molar-refractivity contribution >= 4 is 11.7 Å². The highest BCUT2D eigenvalue weighted by atomic mass is 19.3. The van der Waals surface area contributed by atoms with Crippen LogP contribution in [0.1, 0.15) is 22.6 Å². The number of nitrogens with zero attached hydrogens (tertiary/aromatic N) is 3. The van der Waals surface area contributed by atoms with E-state index in [1.54, 1.807) is 0 Å². The topological polar surface area (TPSA) is 124 Å². The number of H-pyrrole nitrogens is 1. The number of carbonyl (C=O) groups excluding carboxylic acids is 1. The fourth-order valence-corrected chi connectivity index (χ4v) is 2.82. The fourth-order valence-electron chi connectivity index (χ4n) is 2.82. The van der Waals surface area contributed by atoms with Gasteiger partial charge < -0.3 is 15.6 Å². The molecule has 0 unspecified atom stereocenters. The van der Waals surface area contributed by atoms with Crippen molar-refractivity contribution in [3.8, 4) is 6.07 Å². The van der Waals surface area contributed by atoms with Gasteiger partial charge in [-0.05, 0) is 24.3 Å². The summed E-state index contributed by atoms with van der Waals surface area (Å²) in [4.78, 5) is 34.1. The van der Waals surface area contributed by atoms with Gasteiger partial charge in [0, 0.05) is 18.1 Å². The van der Waals surface area contributed by atoms with Crippen LogP contribution in [0, 0.1) is 23.0 Å². The molecule has 3 aromatic heterocycles. The third kappa shape index (κ3) is 5.51. The number of anilines is 1. The van der Waals surface area contributed by atoms with Gasteiger partial charge in [0.2, 0.25) is 17.2 Å². The predicted molar refractivity (Wildman–Crippen MR) is 108 cm³/mol. The SMILES string of the molecule is N#Cc1c(CC(=O)NCc2ncccc2F)[nH]c(NCC(F)(F)c2ccccn2)c(F)c1=O. The van der Waals surface area contributed by atoms with Gasteiger partial charge in [-0.3, -0.25) is 19.6 Å². The summed E-state index contributed by atoms with van der Waals surface area (Å²) in [6.45, 7) is -1.40. The van der Waals surface area contributed by atoms with Crippen LogP contribution in [-0.2, 0) is 23.7 Å². The summed E-state index contributed by atoms with van der Waals surface area (Å²) in [7, 11) is 0. The van der Waals surface area contributed by atoms with Crippen molar-refractivity contribution in [2.75, 3.05) is 11.9 Å². The van der Waals surface area contributed by atoms with Crippen molar-refractivity contribution in [3.05, 3.63) is 87.2 Å². The Hall–Kier alpha value is -4.27. The zero-order valence-electron chi connectivity index (χ0n) is 16.8. The van der Waals surface area contributed by atoms with Crippen LogP contribution in [0.2, 0.25) is 0 Å². The minimum Gasteiger partial charge on any atom is -0.363 e. The number of halogens is 4. The minimum atomic E-state index is -3.51. The van der Waals surface area contributed by atoms with E-state index in [4.69, 9.17) is 0 Å². The number of hydrogen-bond acceptors (Lipinski definition) is 6. The van der Waals surface area contributed by atoms with Crippen LogP contribution in [0.3, 0.4) is 0 Å². The Labute approximate surface area is 184 Å². The van der Waals surface area contributed by atoms with E-state index < -0.39 is 58.9 Å². The number of aromatic amines is 1. The quantitative estimate of drug-likeness (QED) is 0.444. The standard InChI is InChI=1S/C21H16F4N6O2/c22-13-4-3-7-27-15(13)10-29-17(32)8-14-12(9-26)19(33)18(23)20(31-14)30-11-21(24,25)16-5-1-2-6-28-16/h1-7H,8,10-11H2,(H,29,32)(H2,30,31,33). The highest BCUT2D eigenvalue weighted by Gasteiger charge is 2.33. The van der Waals surface area contributed by atoms with Gasteiger partial charge in [0.1, 0.15) is 29.0 Å². The minimum absolute atomic E-state index is 0.0435. The van der Waals surface area contributed by atoms with Crippen LogP contribution in [0.25, 0.3) is 0 Å². The first kappa shape index (κ1) is 23.4. The second-order valence-corrected chi connectivity index (χ2v) is 6.77. The lowest BCUT2D eigenvalue weighted by molar-refractivity contribution is -0.120.